The predicted octanol–water partition coefficient (Wildman–Crippen LogP) is 1.52. The van der Waals surface area contributed by atoms with Crippen LogP contribution in [0.15, 0.2) is 16.8 Å². The molecule has 0 radical (unpaired) electrons. The van der Waals surface area contributed by atoms with Crippen LogP contribution in [0.1, 0.15) is 32.3 Å². The minimum absolute atomic E-state index is 0.0169. The zero-order chi connectivity index (χ0) is 14.8. The van der Waals surface area contributed by atoms with Crippen molar-refractivity contribution in [3.05, 3.63) is 22.4 Å². The maximum Gasteiger partial charge on any atom is 0.279 e. The third-order valence-electron chi connectivity index (χ3n) is 3.70. The molecule has 0 spiro atoms. The molecule has 0 aliphatic carbocycles. The Labute approximate surface area is 124 Å². The molecule has 2 heterocycles. The molecule has 2 N–H and O–H groups in total. The first-order valence-corrected chi connectivity index (χ1v) is 9.19. The second kappa shape index (κ2) is 6.11. The van der Waals surface area contributed by atoms with Crippen LogP contribution in [0.4, 0.5) is 0 Å². The van der Waals surface area contributed by atoms with Gasteiger partial charge in [-0.25, -0.2) is 0 Å². The van der Waals surface area contributed by atoms with E-state index in [-0.39, 0.29) is 6.54 Å². The molecular formula is C13H22N2O3S2. The molecule has 5 nitrogen and oxygen atoms in total. The fourth-order valence-electron chi connectivity index (χ4n) is 2.36. The average Bonchev–Trinajstić information content (AvgIpc) is 2.91. The van der Waals surface area contributed by atoms with Gasteiger partial charge in [-0.15, -0.1) is 0 Å². The van der Waals surface area contributed by atoms with Crippen molar-refractivity contribution in [3.63, 3.8) is 0 Å². The first kappa shape index (κ1) is 15.9. The van der Waals surface area contributed by atoms with E-state index in [1.165, 1.54) is 15.6 Å². The number of thiophene rings is 1. The molecule has 1 aromatic heterocycles. The molecule has 2 unspecified atom stereocenters. The van der Waals surface area contributed by atoms with Crippen LogP contribution in [0.2, 0.25) is 0 Å². The maximum absolute atomic E-state index is 12.3. The van der Waals surface area contributed by atoms with E-state index in [1.54, 1.807) is 6.92 Å². The summed E-state index contributed by atoms with van der Waals surface area (Å²) in [5.41, 5.74) is -0.453. The van der Waals surface area contributed by atoms with Crippen LogP contribution in [-0.2, 0) is 15.8 Å². The average molecular weight is 318 g/mol. The Morgan fingerprint density at radius 1 is 1.60 bits per heavy atom. The summed E-state index contributed by atoms with van der Waals surface area (Å²) < 4.78 is 28.5. The van der Waals surface area contributed by atoms with Gasteiger partial charge >= 0.3 is 0 Å². The Hall–Kier alpha value is -0.470. The van der Waals surface area contributed by atoms with Gasteiger partial charge in [0.2, 0.25) is 0 Å². The molecule has 1 aliphatic rings. The van der Waals surface area contributed by atoms with Crippen molar-refractivity contribution in [2.75, 3.05) is 19.6 Å². The van der Waals surface area contributed by atoms with Gasteiger partial charge in [-0.05, 0) is 48.1 Å². The quantitative estimate of drug-likeness (QED) is 0.865. The summed E-state index contributed by atoms with van der Waals surface area (Å²) in [6, 6.07) is 1.81. The first-order chi connectivity index (χ1) is 9.31. The van der Waals surface area contributed by atoms with E-state index in [1.807, 2.05) is 16.8 Å². The lowest BCUT2D eigenvalue weighted by atomic mass is 10.0. The lowest BCUT2D eigenvalue weighted by Crippen LogP contribution is -2.48. The Morgan fingerprint density at radius 2 is 2.35 bits per heavy atom. The van der Waals surface area contributed by atoms with Crippen LogP contribution in [0.5, 0.6) is 0 Å². The molecule has 0 saturated carbocycles. The molecule has 1 aromatic rings. The van der Waals surface area contributed by atoms with Gasteiger partial charge in [0, 0.05) is 19.6 Å². The van der Waals surface area contributed by atoms with Crippen molar-refractivity contribution in [2.45, 2.75) is 32.3 Å². The number of aliphatic hydroxyl groups is 1. The smallest absolute Gasteiger partial charge is 0.279 e. The SMILES string of the molecule is CC1CCCN(S(=O)(=O)NCC(C)(O)c2ccsc2)C1. The third-order valence-corrected chi connectivity index (χ3v) is 5.91. The highest BCUT2D eigenvalue weighted by molar-refractivity contribution is 7.87. The topological polar surface area (TPSA) is 69.6 Å². The highest BCUT2D eigenvalue weighted by Gasteiger charge is 2.30. The standard InChI is InChI=1S/C13H22N2O3S2/c1-11-4-3-6-15(8-11)20(17,18)14-10-13(2,16)12-5-7-19-9-12/h5,7,9,11,14,16H,3-4,6,8,10H2,1-2H3. The monoisotopic (exact) mass is 318 g/mol. The van der Waals surface area contributed by atoms with Gasteiger partial charge in [0.25, 0.3) is 10.2 Å². The molecule has 2 atom stereocenters. The lowest BCUT2D eigenvalue weighted by Gasteiger charge is -2.31. The largest absolute Gasteiger partial charge is 0.384 e. The molecular weight excluding hydrogens is 296 g/mol. The van der Waals surface area contributed by atoms with E-state index in [0.717, 1.165) is 18.4 Å². The van der Waals surface area contributed by atoms with Crippen LogP contribution >= 0.6 is 11.3 Å². The summed E-state index contributed by atoms with van der Waals surface area (Å²) in [7, 11) is -3.51. The molecule has 0 bridgehead atoms. The molecule has 0 aromatic carbocycles. The zero-order valence-electron chi connectivity index (χ0n) is 11.9. The molecule has 20 heavy (non-hydrogen) atoms. The predicted molar refractivity (Wildman–Crippen MR) is 80.8 cm³/mol. The van der Waals surface area contributed by atoms with Crippen LogP contribution in [-0.4, -0.2) is 37.5 Å². The Morgan fingerprint density at radius 3 is 2.95 bits per heavy atom. The number of piperidine rings is 1. The highest BCUT2D eigenvalue weighted by atomic mass is 32.2. The third kappa shape index (κ3) is 3.79. The van der Waals surface area contributed by atoms with E-state index in [2.05, 4.69) is 11.6 Å². The summed E-state index contributed by atoms with van der Waals surface area (Å²) in [6.45, 7) is 4.77. The van der Waals surface area contributed by atoms with Gasteiger partial charge in [-0.1, -0.05) is 6.92 Å². The summed E-state index contributed by atoms with van der Waals surface area (Å²) in [5.74, 6) is 0.387. The highest BCUT2D eigenvalue weighted by Crippen LogP contribution is 2.23. The fourth-order valence-corrected chi connectivity index (χ4v) is 4.61. The minimum atomic E-state index is -3.51. The van der Waals surface area contributed by atoms with Gasteiger partial charge in [0.05, 0.1) is 0 Å². The summed E-state index contributed by atoms with van der Waals surface area (Å²) >= 11 is 1.48. The normalized spacial score (nSPS) is 24.4. The van der Waals surface area contributed by atoms with Crippen molar-refractivity contribution >= 4 is 21.5 Å². The Kier molecular flexibility index (Phi) is 4.86. The molecule has 1 saturated heterocycles. The van der Waals surface area contributed by atoms with Crippen LogP contribution in [0, 0.1) is 5.92 Å². The first-order valence-electron chi connectivity index (χ1n) is 6.81. The van der Waals surface area contributed by atoms with E-state index < -0.39 is 15.8 Å². The molecule has 0 amide bonds. The van der Waals surface area contributed by atoms with Gasteiger partial charge in [-0.2, -0.15) is 28.8 Å². The van der Waals surface area contributed by atoms with E-state index in [4.69, 9.17) is 0 Å². The zero-order valence-corrected chi connectivity index (χ0v) is 13.5. The second-order valence-corrected chi connectivity index (χ2v) is 8.25. The number of nitrogens with one attached hydrogen (secondary N) is 1. The van der Waals surface area contributed by atoms with Gasteiger partial charge in [0.15, 0.2) is 0 Å². The molecule has 114 valence electrons. The Balaban J connectivity index is 1.98. The van der Waals surface area contributed by atoms with Crippen molar-refractivity contribution in [3.8, 4) is 0 Å². The lowest BCUT2D eigenvalue weighted by molar-refractivity contribution is 0.0626. The van der Waals surface area contributed by atoms with Crippen LogP contribution in [0.25, 0.3) is 0 Å². The van der Waals surface area contributed by atoms with Crippen LogP contribution in [0.3, 0.4) is 0 Å². The molecule has 7 heteroatoms. The number of hydrogen-bond donors (Lipinski definition) is 2. The number of nitrogens with zero attached hydrogens (tertiary/aromatic N) is 1. The summed E-state index contributed by atoms with van der Waals surface area (Å²) in [6.07, 6.45) is 1.96. The van der Waals surface area contributed by atoms with Crippen molar-refractivity contribution in [1.29, 1.82) is 0 Å². The Bertz CT molecular complexity index is 526. The number of hydrogen-bond acceptors (Lipinski definition) is 4. The molecule has 1 aliphatic heterocycles. The van der Waals surface area contributed by atoms with E-state index in [9.17, 15) is 13.5 Å². The fraction of sp³-hybridized carbons (Fsp3) is 0.692. The summed E-state index contributed by atoms with van der Waals surface area (Å²) in [4.78, 5) is 0. The minimum Gasteiger partial charge on any atom is -0.384 e. The van der Waals surface area contributed by atoms with E-state index >= 15 is 0 Å². The van der Waals surface area contributed by atoms with Gasteiger partial charge in [-0.3, -0.25) is 0 Å². The summed E-state index contributed by atoms with van der Waals surface area (Å²) in [5, 5.41) is 14.0. The molecule has 2 rings (SSSR count). The van der Waals surface area contributed by atoms with Crippen molar-refractivity contribution in [1.82, 2.24) is 9.03 Å². The number of rotatable bonds is 5. The van der Waals surface area contributed by atoms with Gasteiger partial charge < -0.3 is 5.11 Å². The second-order valence-electron chi connectivity index (χ2n) is 5.72. The van der Waals surface area contributed by atoms with Crippen molar-refractivity contribution < 1.29 is 13.5 Å². The van der Waals surface area contributed by atoms with Gasteiger partial charge in [0.1, 0.15) is 5.60 Å². The van der Waals surface area contributed by atoms with E-state index in [0.29, 0.717) is 19.0 Å². The van der Waals surface area contributed by atoms with Crippen molar-refractivity contribution in [2.24, 2.45) is 5.92 Å². The maximum atomic E-state index is 12.3. The molecule has 1 fully saturated rings. The van der Waals surface area contributed by atoms with Crippen LogP contribution < -0.4 is 4.72 Å².